The van der Waals surface area contributed by atoms with E-state index in [0.29, 0.717) is 18.2 Å². The van der Waals surface area contributed by atoms with Gasteiger partial charge in [0.25, 0.3) is 0 Å². The summed E-state index contributed by atoms with van der Waals surface area (Å²) in [6.45, 7) is 8.76. The maximum atomic E-state index is 13.1. The number of aryl methyl sites for hydroxylation is 1. The molecule has 1 aliphatic rings. The standard InChI is InChI=1S/C21H26FN3O2S/c1-13-17(14-7-9-16(22)10-8-14)23-20(28-13)24-18(26)15-6-5-11-25(12-15)19(27)21(2,3)4/h7-10,15H,5-6,11-12H2,1-4H3,(H,23,24,26). The third-order valence-corrected chi connectivity index (χ3v) is 5.75. The summed E-state index contributed by atoms with van der Waals surface area (Å²) < 4.78 is 13.1. The van der Waals surface area contributed by atoms with Crippen LogP contribution in [0.15, 0.2) is 24.3 Å². The van der Waals surface area contributed by atoms with E-state index >= 15 is 0 Å². The first-order valence-corrected chi connectivity index (χ1v) is 10.3. The van der Waals surface area contributed by atoms with E-state index in [0.717, 1.165) is 29.0 Å². The van der Waals surface area contributed by atoms with Crippen LogP contribution in [-0.4, -0.2) is 34.8 Å². The number of aromatic nitrogens is 1. The lowest BCUT2D eigenvalue weighted by atomic mass is 9.91. The Morgan fingerprint density at radius 2 is 1.93 bits per heavy atom. The zero-order valence-electron chi connectivity index (χ0n) is 16.7. The van der Waals surface area contributed by atoms with E-state index in [-0.39, 0.29) is 23.5 Å². The molecule has 1 aromatic heterocycles. The largest absolute Gasteiger partial charge is 0.341 e. The van der Waals surface area contributed by atoms with Crippen molar-refractivity contribution in [3.63, 3.8) is 0 Å². The van der Waals surface area contributed by atoms with Gasteiger partial charge in [0.05, 0.1) is 11.6 Å². The maximum absolute atomic E-state index is 13.1. The fourth-order valence-electron chi connectivity index (χ4n) is 3.38. The Morgan fingerprint density at radius 1 is 1.25 bits per heavy atom. The number of hydrogen-bond donors (Lipinski definition) is 1. The molecule has 1 atom stereocenters. The molecule has 1 aliphatic heterocycles. The Bertz CT molecular complexity index is 871. The van der Waals surface area contributed by atoms with Gasteiger partial charge in [0, 0.05) is 28.9 Å². The highest BCUT2D eigenvalue weighted by Crippen LogP contribution is 2.31. The van der Waals surface area contributed by atoms with Gasteiger partial charge in [0.2, 0.25) is 11.8 Å². The van der Waals surface area contributed by atoms with Crippen LogP contribution in [0.2, 0.25) is 0 Å². The average Bonchev–Trinajstić information content (AvgIpc) is 3.01. The number of carbonyl (C=O) groups is 2. The van der Waals surface area contributed by atoms with Gasteiger partial charge < -0.3 is 10.2 Å². The van der Waals surface area contributed by atoms with E-state index in [1.807, 2.05) is 27.7 Å². The molecule has 1 fully saturated rings. The van der Waals surface area contributed by atoms with Gasteiger partial charge in [0.1, 0.15) is 5.82 Å². The maximum Gasteiger partial charge on any atom is 0.231 e. The van der Waals surface area contributed by atoms with Crippen molar-refractivity contribution in [2.75, 3.05) is 18.4 Å². The smallest absolute Gasteiger partial charge is 0.231 e. The van der Waals surface area contributed by atoms with E-state index in [4.69, 9.17) is 0 Å². The molecule has 150 valence electrons. The van der Waals surface area contributed by atoms with E-state index in [1.165, 1.54) is 23.5 Å². The molecule has 1 aromatic carbocycles. The third kappa shape index (κ3) is 4.58. The van der Waals surface area contributed by atoms with Crippen molar-refractivity contribution in [3.8, 4) is 11.3 Å². The predicted molar refractivity (Wildman–Crippen MR) is 110 cm³/mol. The van der Waals surface area contributed by atoms with Gasteiger partial charge >= 0.3 is 0 Å². The number of piperidine rings is 1. The monoisotopic (exact) mass is 403 g/mol. The third-order valence-electron chi connectivity index (χ3n) is 4.87. The second-order valence-electron chi connectivity index (χ2n) is 8.26. The van der Waals surface area contributed by atoms with Crippen molar-refractivity contribution >= 4 is 28.3 Å². The van der Waals surface area contributed by atoms with Crippen molar-refractivity contribution in [1.29, 1.82) is 0 Å². The van der Waals surface area contributed by atoms with Gasteiger partial charge in [-0.2, -0.15) is 0 Å². The number of carbonyl (C=O) groups excluding carboxylic acids is 2. The van der Waals surface area contributed by atoms with Gasteiger partial charge in [-0.1, -0.05) is 20.8 Å². The molecule has 7 heteroatoms. The van der Waals surface area contributed by atoms with Gasteiger partial charge in [-0.05, 0) is 44.0 Å². The molecule has 1 unspecified atom stereocenters. The first-order valence-electron chi connectivity index (χ1n) is 9.49. The topological polar surface area (TPSA) is 62.3 Å². The number of amides is 2. The molecule has 28 heavy (non-hydrogen) atoms. The van der Waals surface area contributed by atoms with E-state index in [1.54, 1.807) is 17.0 Å². The van der Waals surface area contributed by atoms with Crippen LogP contribution in [0.1, 0.15) is 38.5 Å². The molecule has 1 saturated heterocycles. The van der Waals surface area contributed by atoms with Crippen LogP contribution in [0.5, 0.6) is 0 Å². The summed E-state index contributed by atoms with van der Waals surface area (Å²) in [7, 11) is 0. The second kappa shape index (κ2) is 7.99. The lowest BCUT2D eigenvalue weighted by Crippen LogP contribution is -2.47. The van der Waals surface area contributed by atoms with Crippen molar-refractivity contribution in [3.05, 3.63) is 35.0 Å². The summed E-state index contributed by atoms with van der Waals surface area (Å²) in [5.41, 5.74) is 1.11. The summed E-state index contributed by atoms with van der Waals surface area (Å²) in [6, 6.07) is 6.16. The molecular weight excluding hydrogens is 377 g/mol. The molecule has 0 aliphatic carbocycles. The Kier molecular flexibility index (Phi) is 5.84. The molecule has 0 radical (unpaired) electrons. The molecule has 0 spiro atoms. The van der Waals surface area contributed by atoms with Crippen molar-refractivity contribution in [2.24, 2.45) is 11.3 Å². The Balaban J connectivity index is 1.68. The molecule has 3 rings (SSSR count). The van der Waals surface area contributed by atoms with E-state index in [2.05, 4.69) is 10.3 Å². The van der Waals surface area contributed by atoms with Crippen LogP contribution in [-0.2, 0) is 9.59 Å². The minimum absolute atomic E-state index is 0.0775. The average molecular weight is 404 g/mol. The normalized spacial score (nSPS) is 17.5. The summed E-state index contributed by atoms with van der Waals surface area (Å²) in [6.07, 6.45) is 1.58. The molecular formula is C21H26FN3O2S. The summed E-state index contributed by atoms with van der Waals surface area (Å²) in [4.78, 5) is 32.6. The molecule has 2 amide bonds. The highest BCUT2D eigenvalue weighted by Gasteiger charge is 2.33. The number of benzene rings is 1. The van der Waals surface area contributed by atoms with Crippen LogP contribution in [0.3, 0.4) is 0 Å². The minimum atomic E-state index is -0.450. The highest BCUT2D eigenvalue weighted by atomic mass is 32.1. The highest BCUT2D eigenvalue weighted by molar-refractivity contribution is 7.16. The van der Waals surface area contributed by atoms with Crippen molar-refractivity contribution < 1.29 is 14.0 Å². The first kappa shape index (κ1) is 20.5. The van der Waals surface area contributed by atoms with Gasteiger partial charge in [-0.3, -0.25) is 9.59 Å². The number of likely N-dealkylation sites (tertiary alicyclic amines) is 1. The Labute approximate surface area is 169 Å². The number of halogens is 1. The lowest BCUT2D eigenvalue weighted by molar-refractivity contribution is -0.142. The Hall–Kier alpha value is -2.28. The fraction of sp³-hybridized carbons (Fsp3) is 0.476. The molecule has 2 aromatic rings. The second-order valence-corrected chi connectivity index (χ2v) is 9.46. The first-order chi connectivity index (χ1) is 13.1. The fourth-order valence-corrected chi connectivity index (χ4v) is 4.22. The van der Waals surface area contributed by atoms with Gasteiger partial charge in [-0.15, -0.1) is 11.3 Å². The van der Waals surface area contributed by atoms with Crippen molar-refractivity contribution in [1.82, 2.24) is 9.88 Å². The molecule has 2 heterocycles. The quantitative estimate of drug-likeness (QED) is 0.822. The zero-order chi connectivity index (χ0) is 20.5. The number of nitrogens with zero attached hydrogens (tertiary/aromatic N) is 2. The molecule has 1 N–H and O–H groups in total. The van der Waals surface area contributed by atoms with Crippen molar-refractivity contribution in [2.45, 2.75) is 40.5 Å². The zero-order valence-corrected chi connectivity index (χ0v) is 17.5. The number of hydrogen-bond acceptors (Lipinski definition) is 4. The number of anilines is 1. The minimum Gasteiger partial charge on any atom is -0.341 e. The van der Waals surface area contributed by atoms with E-state index in [9.17, 15) is 14.0 Å². The SMILES string of the molecule is Cc1sc(NC(=O)C2CCCN(C(=O)C(C)(C)C)C2)nc1-c1ccc(F)cc1. The van der Waals surface area contributed by atoms with Gasteiger partial charge in [0.15, 0.2) is 5.13 Å². The number of nitrogens with one attached hydrogen (secondary N) is 1. The van der Waals surface area contributed by atoms with Crippen LogP contribution in [0.25, 0.3) is 11.3 Å². The van der Waals surface area contributed by atoms with Crippen LogP contribution in [0.4, 0.5) is 9.52 Å². The number of rotatable bonds is 3. The Morgan fingerprint density at radius 3 is 2.57 bits per heavy atom. The summed E-state index contributed by atoms with van der Waals surface area (Å²) >= 11 is 1.40. The number of thiazole rings is 1. The lowest BCUT2D eigenvalue weighted by Gasteiger charge is -2.35. The summed E-state index contributed by atoms with van der Waals surface area (Å²) in [5, 5.41) is 3.44. The molecule has 0 saturated carbocycles. The molecule has 0 bridgehead atoms. The summed E-state index contributed by atoms with van der Waals surface area (Å²) in [5.74, 6) is -0.560. The van der Waals surface area contributed by atoms with Crippen LogP contribution < -0.4 is 5.32 Å². The van der Waals surface area contributed by atoms with Gasteiger partial charge in [-0.25, -0.2) is 9.37 Å². The molecule has 5 nitrogen and oxygen atoms in total. The predicted octanol–water partition coefficient (Wildman–Crippen LogP) is 4.48. The van der Waals surface area contributed by atoms with Crippen LogP contribution in [0, 0.1) is 24.1 Å². The van der Waals surface area contributed by atoms with Crippen LogP contribution >= 0.6 is 11.3 Å². The van der Waals surface area contributed by atoms with E-state index < -0.39 is 5.41 Å².